The lowest BCUT2D eigenvalue weighted by Crippen LogP contribution is -2.47. The lowest BCUT2D eigenvalue weighted by molar-refractivity contribution is -0.137. The smallest absolute Gasteiger partial charge is 0.416 e. The molecule has 0 radical (unpaired) electrons. The number of nitrogens with zero attached hydrogens (tertiary/aromatic N) is 4. The van der Waals surface area contributed by atoms with E-state index in [-0.39, 0.29) is 18.9 Å². The molecule has 0 saturated carbocycles. The molecule has 0 aliphatic carbocycles. The first kappa shape index (κ1) is 19.3. The molecule has 29 heavy (non-hydrogen) atoms. The Labute approximate surface area is 164 Å². The summed E-state index contributed by atoms with van der Waals surface area (Å²) in [7, 11) is 0. The van der Waals surface area contributed by atoms with E-state index >= 15 is 0 Å². The molecule has 3 heterocycles. The number of hydrogen-bond donors (Lipinski definition) is 0. The normalized spacial score (nSPS) is 14.9. The van der Waals surface area contributed by atoms with Crippen LogP contribution >= 0.6 is 0 Å². The van der Waals surface area contributed by atoms with Gasteiger partial charge in [-0.05, 0) is 44.2 Å². The molecule has 0 unspecified atom stereocenters. The molecule has 9 heteroatoms. The highest BCUT2D eigenvalue weighted by Gasteiger charge is 2.33. The van der Waals surface area contributed by atoms with Crippen LogP contribution in [0.2, 0.25) is 0 Å². The summed E-state index contributed by atoms with van der Waals surface area (Å²) in [6, 6.07) is 8.60. The number of aryl methyl sites for hydroxylation is 1. The first-order valence-corrected chi connectivity index (χ1v) is 9.01. The molecule has 2 aromatic heterocycles. The van der Waals surface area contributed by atoms with E-state index in [1.807, 2.05) is 11.0 Å². The summed E-state index contributed by atoms with van der Waals surface area (Å²) in [5, 5.41) is 0. The van der Waals surface area contributed by atoms with Crippen LogP contribution in [0.25, 0.3) is 0 Å². The summed E-state index contributed by atoms with van der Waals surface area (Å²) in [6.07, 6.45) is -2.91. The summed E-state index contributed by atoms with van der Waals surface area (Å²) >= 11 is 0. The maximum atomic E-state index is 13.2. The molecule has 6 nitrogen and oxygen atoms in total. The predicted octanol–water partition coefficient (Wildman–Crippen LogP) is 4.04. The van der Waals surface area contributed by atoms with Gasteiger partial charge in [0.15, 0.2) is 0 Å². The SMILES string of the molecule is Cc1nc2n(c(=O)c1C)CN(Cc1ccco1)CN2c1cccc(C(F)(F)F)c1. The average molecular weight is 404 g/mol. The third kappa shape index (κ3) is 3.65. The Bertz CT molecular complexity index is 1090. The lowest BCUT2D eigenvalue weighted by atomic mass is 10.2. The van der Waals surface area contributed by atoms with E-state index in [0.717, 1.165) is 12.1 Å². The molecule has 0 amide bonds. The molecule has 3 aromatic rings. The van der Waals surface area contributed by atoms with Crippen molar-refractivity contribution in [3.05, 3.63) is 75.6 Å². The Balaban J connectivity index is 1.81. The van der Waals surface area contributed by atoms with Crippen molar-refractivity contribution in [1.29, 1.82) is 0 Å². The monoisotopic (exact) mass is 404 g/mol. The molecule has 0 fully saturated rings. The van der Waals surface area contributed by atoms with Crippen molar-refractivity contribution >= 4 is 11.6 Å². The van der Waals surface area contributed by atoms with Crippen molar-refractivity contribution in [2.75, 3.05) is 11.6 Å². The standard InChI is InChI=1S/C20H19F3N4O2/c1-13-14(2)24-19-26(16-6-3-5-15(9-16)20(21,22)23)11-25(12-27(19)18(13)28)10-17-7-4-8-29-17/h3-9H,10-12H2,1-2H3. The Morgan fingerprint density at radius 3 is 2.62 bits per heavy atom. The maximum absolute atomic E-state index is 13.2. The summed E-state index contributed by atoms with van der Waals surface area (Å²) in [4.78, 5) is 20.9. The Hall–Kier alpha value is -3.07. The molecule has 0 N–H and O–H groups in total. The first-order chi connectivity index (χ1) is 13.7. The third-order valence-corrected chi connectivity index (χ3v) is 4.99. The van der Waals surface area contributed by atoms with E-state index in [1.54, 1.807) is 37.1 Å². The van der Waals surface area contributed by atoms with Gasteiger partial charge >= 0.3 is 6.18 Å². The highest BCUT2D eigenvalue weighted by atomic mass is 19.4. The van der Waals surface area contributed by atoms with Gasteiger partial charge in [0, 0.05) is 16.9 Å². The van der Waals surface area contributed by atoms with E-state index in [1.165, 1.54) is 10.6 Å². The summed E-state index contributed by atoms with van der Waals surface area (Å²) in [6.45, 7) is 4.34. The minimum Gasteiger partial charge on any atom is -0.468 e. The van der Waals surface area contributed by atoms with E-state index < -0.39 is 11.7 Å². The van der Waals surface area contributed by atoms with Crippen LogP contribution in [0.4, 0.5) is 24.8 Å². The van der Waals surface area contributed by atoms with Gasteiger partial charge in [-0.2, -0.15) is 13.2 Å². The van der Waals surface area contributed by atoms with Crippen molar-refractivity contribution < 1.29 is 17.6 Å². The molecule has 0 saturated heterocycles. The highest BCUT2D eigenvalue weighted by Crippen LogP contribution is 2.34. The molecule has 4 rings (SSSR count). The topological polar surface area (TPSA) is 54.5 Å². The van der Waals surface area contributed by atoms with Gasteiger partial charge in [0.05, 0.1) is 31.7 Å². The number of halogens is 3. The van der Waals surface area contributed by atoms with Gasteiger partial charge in [0.2, 0.25) is 5.95 Å². The first-order valence-electron chi connectivity index (χ1n) is 9.01. The van der Waals surface area contributed by atoms with Gasteiger partial charge < -0.3 is 4.42 Å². The fraction of sp³-hybridized carbons (Fsp3) is 0.300. The molecule has 0 bridgehead atoms. The van der Waals surface area contributed by atoms with Crippen LogP contribution in [0, 0.1) is 13.8 Å². The fourth-order valence-electron chi connectivity index (χ4n) is 3.35. The van der Waals surface area contributed by atoms with Crippen LogP contribution in [0.1, 0.15) is 22.6 Å². The molecule has 0 spiro atoms. The van der Waals surface area contributed by atoms with Gasteiger partial charge in [-0.3, -0.25) is 19.2 Å². The number of furan rings is 1. The zero-order valence-electron chi connectivity index (χ0n) is 15.9. The molecule has 0 atom stereocenters. The summed E-state index contributed by atoms with van der Waals surface area (Å²) < 4.78 is 46.6. The molecule has 1 aromatic carbocycles. The van der Waals surface area contributed by atoms with E-state index in [9.17, 15) is 18.0 Å². The quantitative estimate of drug-likeness (QED) is 0.660. The second-order valence-electron chi connectivity index (χ2n) is 7.02. The predicted molar refractivity (Wildman–Crippen MR) is 101 cm³/mol. The Kier molecular flexibility index (Phi) is 4.70. The minimum absolute atomic E-state index is 0.214. The Morgan fingerprint density at radius 1 is 1.14 bits per heavy atom. The number of hydrogen-bond acceptors (Lipinski definition) is 5. The number of alkyl halides is 3. The number of aromatic nitrogens is 2. The van der Waals surface area contributed by atoms with Gasteiger partial charge in [-0.15, -0.1) is 0 Å². The van der Waals surface area contributed by atoms with Crippen molar-refractivity contribution in [3.63, 3.8) is 0 Å². The van der Waals surface area contributed by atoms with Crippen molar-refractivity contribution in [1.82, 2.24) is 14.5 Å². The van der Waals surface area contributed by atoms with E-state index in [2.05, 4.69) is 4.98 Å². The van der Waals surface area contributed by atoms with Crippen LogP contribution in [0.15, 0.2) is 51.9 Å². The number of anilines is 2. The van der Waals surface area contributed by atoms with Crippen LogP contribution in [-0.4, -0.2) is 21.1 Å². The van der Waals surface area contributed by atoms with Crippen LogP contribution in [0.5, 0.6) is 0 Å². The zero-order valence-corrected chi connectivity index (χ0v) is 15.9. The Morgan fingerprint density at radius 2 is 1.93 bits per heavy atom. The maximum Gasteiger partial charge on any atom is 0.416 e. The minimum atomic E-state index is -4.46. The molecule has 152 valence electrons. The summed E-state index contributed by atoms with van der Waals surface area (Å²) in [5.74, 6) is 1.02. The van der Waals surface area contributed by atoms with Gasteiger partial charge in [-0.25, -0.2) is 4.98 Å². The largest absolute Gasteiger partial charge is 0.468 e. The van der Waals surface area contributed by atoms with E-state index in [0.29, 0.717) is 35.2 Å². The van der Waals surface area contributed by atoms with Gasteiger partial charge in [-0.1, -0.05) is 6.07 Å². The van der Waals surface area contributed by atoms with Gasteiger partial charge in [0.1, 0.15) is 5.76 Å². The second-order valence-corrected chi connectivity index (χ2v) is 7.02. The molecular formula is C20H19F3N4O2. The fourth-order valence-corrected chi connectivity index (χ4v) is 3.35. The van der Waals surface area contributed by atoms with E-state index in [4.69, 9.17) is 4.42 Å². The second kappa shape index (κ2) is 7.07. The number of fused-ring (bicyclic) bond motifs is 1. The van der Waals surface area contributed by atoms with Gasteiger partial charge in [0.25, 0.3) is 5.56 Å². The van der Waals surface area contributed by atoms with Crippen LogP contribution in [0.3, 0.4) is 0 Å². The number of benzene rings is 1. The zero-order chi connectivity index (χ0) is 20.8. The average Bonchev–Trinajstić information content (AvgIpc) is 3.19. The van der Waals surface area contributed by atoms with Crippen molar-refractivity contribution in [2.24, 2.45) is 0 Å². The molecular weight excluding hydrogens is 385 g/mol. The van der Waals surface area contributed by atoms with Crippen molar-refractivity contribution in [2.45, 2.75) is 33.2 Å². The molecule has 1 aliphatic rings. The van der Waals surface area contributed by atoms with Crippen LogP contribution in [-0.2, 0) is 19.4 Å². The summed E-state index contributed by atoms with van der Waals surface area (Å²) in [5.41, 5.74) is 0.410. The van der Waals surface area contributed by atoms with Crippen LogP contribution < -0.4 is 10.5 Å². The highest BCUT2D eigenvalue weighted by molar-refractivity contribution is 5.59. The molecule has 1 aliphatic heterocycles. The third-order valence-electron chi connectivity index (χ3n) is 4.99. The van der Waals surface area contributed by atoms with Crippen molar-refractivity contribution in [3.8, 4) is 0 Å². The number of rotatable bonds is 3. The lowest BCUT2D eigenvalue weighted by Gasteiger charge is -2.38.